The van der Waals surface area contributed by atoms with Crippen molar-refractivity contribution in [2.24, 2.45) is 5.92 Å². The minimum Gasteiger partial charge on any atom is -0.496 e. The third-order valence-electron chi connectivity index (χ3n) is 6.76. The lowest BCUT2D eigenvalue weighted by Gasteiger charge is -2.34. The lowest BCUT2D eigenvalue weighted by molar-refractivity contribution is -0.121. The third-order valence-corrected chi connectivity index (χ3v) is 6.76. The number of nitrogens with zero attached hydrogens (tertiary/aromatic N) is 5. The van der Waals surface area contributed by atoms with Crippen molar-refractivity contribution in [1.82, 2.24) is 29.7 Å². The highest BCUT2D eigenvalue weighted by atomic mass is 16.5. The van der Waals surface area contributed by atoms with E-state index in [1.54, 1.807) is 42.2 Å². The van der Waals surface area contributed by atoms with E-state index in [4.69, 9.17) is 9.84 Å². The largest absolute Gasteiger partial charge is 0.496 e. The summed E-state index contributed by atoms with van der Waals surface area (Å²) in [6.07, 6.45) is 8.47. The van der Waals surface area contributed by atoms with Gasteiger partial charge in [-0.3, -0.25) is 14.3 Å². The average molecular weight is 476 g/mol. The lowest BCUT2D eigenvalue weighted by atomic mass is 9.82. The van der Waals surface area contributed by atoms with Gasteiger partial charge in [0.2, 0.25) is 5.91 Å². The number of benzene rings is 1. The zero-order chi connectivity index (χ0) is 24.5. The number of hydrogen-bond acceptors (Lipinski definition) is 6. The number of carbonyl (C=O) groups is 2. The number of nitrogens with one attached hydrogen (secondary N) is 2. The van der Waals surface area contributed by atoms with E-state index in [9.17, 15) is 9.59 Å². The van der Waals surface area contributed by atoms with Gasteiger partial charge in [0.15, 0.2) is 11.5 Å². The maximum atomic E-state index is 13.2. The molecule has 1 saturated carbocycles. The summed E-state index contributed by atoms with van der Waals surface area (Å²) >= 11 is 0. The first-order valence-corrected chi connectivity index (χ1v) is 11.9. The lowest BCUT2D eigenvalue weighted by Crippen LogP contribution is -2.40. The van der Waals surface area contributed by atoms with Crippen molar-refractivity contribution in [2.45, 2.75) is 51.6 Å². The molecule has 182 valence electrons. The van der Waals surface area contributed by atoms with Crippen LogP contribution in [0, 0.1) is 5.92 Å². The molecule has 0 bridgehead atoms. The van der Waals surface area contributed by atoms with Gasteiger partial charge in [-0.2, -0.15) is 14.7 Å². The van der Waals surface area contributed by atoms with Crippen LogP contribution in [0.4, 0.5) is 5.82 Å². The standard InChI is InChI=1S/C25H29N7O3/c1-4-24(33)28-17-7-8-20(15(2)10-17)31-14-16-11-18(21(35-3)12-19(16)30-31)25(34)29-23-13-26-22-6-5-9-27-32(22)23/h5-6,9,11-15,17,20H,4,7-8,10H2,1-3H3,(H,28,33)(H,29,34)/t15-,17+,20-/m0/s1. The van der Waals surface area contributed by atoms with E-state index in [2.05, 4.69) is 27.6 Å². The van der Waals surface area contributed by atoms with Crippen molar-refractivity contribution in [1.29, 1.82) is 0 Å². The number of rotatable bonds is 6. The third kappa shape index (κ3) is 4.43. The van der Waals surface area contributed by atoms with Crippen molar-refractivity contribution >= 4 is 34.2 Å². The second-order valence-electron chi connectivity index (χ2n) is 9.09. The van der Waals surface area contributed by atoms with Crippen molar-refractivity contribution in [3.8, 4) is 5.75 Å². The van der Waals surface area contributed by atoms with Gasteiger partial charge >= 0.3 is 0 Å². The Labute approximate surface area is 202 Å². The number of carbonyl (C=O) groups excluding carboxylic acids is 2. The van der Waals surface area contributed by atoms with Gasteiger partial charge in [-0.25, -0.2) is 4.98 Å². The number of anilines is 1. The average Bonchev–Trinajstić information content (AvgIpc) is 3.46. The highest BCUT2D eigenvalue weighted by Crippen LogP contribution is 2.35. The topological polar surface area (TPSA) is 115 Å². The zero-order valence-corrected chi connectivity index (χ0v) is 20.1. The number of aromatic nitrogens is 5. The molecule has 2 amide bonds. The molecule has 10 heteroatoms. The van der Waals surface area contributed by atoms with Crippen LogP contribution in [0.5, 0.6) is 5.75 Å². The smallest absolute Gasteiger partial charge is 0.260 e. The Hall–Kier alpha value is -3.95. The molecule has 0 radical (unpaired) electrons. The molecule has 0 aliphatic heterocycles. The first kappa shape index (κ1) is 22.8. The Morgan fingerprint density at radius 3 is 2.89 bits per heavy atom. The fourth-order valence-corrected chi connectivity index (χ4v) is 4.92. The van der Waals surface area contributed by atoms with Gasteiger partial charge in [-0.05, 0) is 43.4 Å². The van der Waals surface area contributed by atoms with E-state index in [-0.39, 0.29) is 23.9 Å². The molecule has 2 N–H and O–H groups in total. The number of imidazole rings is 1. The van der Waals surface area contributed by atoms with Crippen LogP contribution >= 0.6 is 0 Å². The molecule has 0 saturated heterocycles. The van der Waals surface area contributed by atoms with Gasteiger partial charge in [0.05, 0.1) is 30.4 Å². The molecule has 1 fully saturated rings. The number of ether oxygens (including phenoxy) is 1. The molecule has 0 spiro atoms. The van der Waals surface area contributed by atoms with Crippen LogP contribution in [-0.4, -0.2) is 49.3 Å². The summed E-state index contributed by atoms with van der Waals surface area (Å²) in [5, 5.41) is 15.9. The Balaban J connectivity index is 1.38. The van der Waals surface area contributed by atoms with Gasteiger partial charge in [0.25, 0.3) is 5.91 Å². The summed E-state index contributed by atoms with van der Waals surface area (Å²) in [5.74, 6) is 1.06. The Morgan fingerprint density at radius 2 is 2.11 bits per heavy atom. The van der Waals surface area contributed by atoms with E-state index < -0.39 is 0 Å². The monoisotopic (exact) mass is 475 g/mol. The van der Waals surface area contributed by atoms with Crippen LogP contribution in [-0.2, 0) is 4.79 Å². The van der Waals surface area contributed by atoms with Crippen molar-refractivity contribution < 1.29 is 14.3 Å². The van der Waals surface area contributed by atoms with Gasteiger partial charge in [0.1, 0.15) is 5.75 Å². The highest BCUT2D eigenvalue weighted by Gasteiger charge is 2.30. The first-order valence-electron chi connectivity index (χ1n) is 11.9. The quantitative estimate of drug-likeness (QED) is 0.440. The SMILES string of the molecule is CCC(=O)N[C@@H]1CC[C@H](n2cc3cc(C(=O)Nc4cnc5cccnn45)c(OC)cc3n2)[C@@H](C)C1. The van der Waals surface area contributed by atoms with Crippen LogP contribution < -0.4 is 15.4 Å². The molecular weight excluding hydrogens is 446 g/mol. The molecular formula is C25H29N7O3. The minimum atomic E-state index is -0.315. The van der Waals surface area contributed by atoms with Gasteiger partial charge in [-0.1, -0.05) is 13.8 Å². The summed E-state index contributed by atoms with van der Waals surface area (Å²) in [6.45, 7) is 4.07. The molecule has 0 unspecified atom stereocenters. The molecule has 3 heterocycles. The predicted molar refractivity (Wildman–Crippen MR) is 131 cm³/mol. The summed E-state index contributed by atoms with van der Waals surface area (Å²) in [7, 11) is 1.54. The highest BCUT2D eigenvalue weighted by molar-refractivity contribution is 6.08. The second-order valence-corrected chi connectivity index (χ2v) is 9.09. The van der Waals surface area contributed by atoms with Gasteiger partial charge in [0, 0.05) is 36.3 Å². The molecule has 1 aliphatic rings. The molecule has 35 heavy (non-hydrogen) atoms. The molecule has 3 aromatic heterocycles. The van der Waals surface area contributed by atoms with E-state index in [0.29, 0.717) is 35.1 Å². The Bertz CT molecular complexity index is 1390. The Morgan fingerprint density at radius 1 is 1.26 bits per heavy atom. The number of fused-ring (bicyclic) bond motifs is 2. The Kier molecular flexibility index (Phi) is 6.10. The van der Waals surface area contributed by atoms with Crippen molar-refractivity contribution in [3.05, 3.63) is 48.4 Å². The normalized spacial score (nSPS) is 20.1. The van der Waals surface area contributed by atoms with Gasteiger partial charge in [-0.15, -0.1) is 0 Å². The fourth-order valence-electron chi connectivity index (χ4n) is 4.92. The number of amides is 2. The summed E-state index contributed by atoms with van der Waals surface area (Å²) in [6, 6.07) is 7.65. The molecule has 4 aromatic rings. The minimum absolute atomic E-state index is 0.100. The molecule has 5 rings (SSSR count). The van der Waals surface area contributed by atoms with E-state index in [1.807, 2.05) is 23.9 Å². The van der Waals surface area contributed by atoms with Crippen molar-refractivity contribution in [3.63, 3.8) is 0 Å². The number of hydrogen-bond donors (Lipinski definition) is 2. The molecule has 1 aromatic carbocycles. The maximum absolute atomic E-state index is 13.2. The second kappa shape index (κ2) is 9.36. The fraction of sp³-hybridized carbons (Fsp3) is 0.400. The summed E-state index contributed by atoms with van der Waals surface area (Å²) in [5.41, 5.74) is 1.82. The number of methoxy groups -OCH3 is 1. The van der Waals surface area contributed by atoms with Crippen LogP contribution in [0.25, 0.3) is 16.6 Å². The zero-order valence-electron chi connectivity index (χ0n) is 20.1. The van der Waals surface area contributed by atoms with E-state index in [1.165, 1.54) is 0 Å². The van der Waals surface area contributed by atoms with Crippen LogP contribution in [0.2, 0.25) is 0 Å². The van der Waals surface area contributed by atoms with Gasteiger partial charge < -0.3 is 15.4 Å². The van der Waals surface area contributed by atoms with Crippen LogP contribution in [0.1, 0.15) is 55.9 Å². The summed E-state index contributed by atoms with van der Waals surface area (Å²) < 4.78 is 9.10. The maximum Gasteiger partial charge on any atom is 0.260 e. The van der Waals surface area contributed by atoms with Crippen LogP contribution in [0.15, 0.2) is 42.9 Å². The van der Waals surface area contributed by atoms with E-state index in [0.717, 1.165) is 30.2 Å². The molecule has 1 aliphatic carbocycles. The predicted octanol–water partition coefficient (Wildman–Crippen LogP) is 3.60. The van der Waals surface area contributed by atoms with Crippen molar-refractivity contribution in [2.75, 3.05) is 12.4 Å². The molecule has 10 nitrogen and oxygen atoms in total. The van der Waals surface area contributed by atoms with Crippen LogP contribution in [0.3, 0.4) is 0 Å². The summed E-state index contributed by atoms with van der Waals surface area (Å²) in [4.78, 5) is 29.2. The first-order chi connectivity index (χ1) is 17.0. The molecule has 3 atom stereocenters. The van der Waals surface area contributed by atoms with E-state index >= 15 is 0 Å².